The van der Waals surface area contributed by atoms with Gasteiger partial charge in [-0.3, -0.25) is 0 Å². The molecule has 0 bridgehead atoms. The van der Waals surface area contributed by atoms with Crippen LogP contribution in [-0.2, 0) is 4.74 Å². The molecule has 2 nitrogen and oxygen atoms in total. The third-order valence-corrected chi connectivity index (χ3v) is 3.63. The highest BCUT2D eigenvalue weighted by Crippen LogP contribution is 2.29. The quantitative estimate of drug-likeness (QED) is 0.720. The van der Waals surface area contributed by atoms with Crippen molar-refractivity contribution in [3.63, 3.8) is 0 Å². The third-order valence-electron chi connectivity index (χ3n) is 3.63. The van der Waals surface area contributed by atoms with E-state index in [4.69, 9.17) is 4.74 Å². The number of rotatable bonds is 7. The summed E-state index contributed by atoms with van der Waals surface area (Å²) in [6.45, 7) is 8.61. The number of hydrogen-bond acceptors (Lipinski definition) is 2. The maximum absolute atomic E-state index is 5.91. The van der Waals surface area contributed by atoms with Crippen LogP contribution in [0.5, 0.6) is 0 Å². The van der Waals surface area contributed by atoms with Crippen LogP contribution < -0.4 is 5.32 Å². The second kappa shape index (κ2) is 8.08. The zero-order valence-electron chi connectivity index (χ0n) is 11.3. The van der Waals surface area contributed by atoms with Gasteiger partial charge in [0.1, 0.15) is 0 Å². The van der Waals surface area contributed by atoms with Gasteiger partial charge in [-0.25, -0.2) is 0 Å². The molecule has 0 amide bonds. The number of hydrogen-bond donors (Lipinski definition) is 1. The van der Waals surface area contributed by atoms with E-state index in [1.807, 2.05) is 0 Å². The van der Waals surface area contributed by atoms with Crippen molar-refractivity contribution in [3.8, 4) is 0 Å². The van der Waals surface area contributed by atoms with Gasteiger partial charge in [-0.05, 0) is 45.1 Å². The molecule has 0 heterocycles. The van der Waals surface area contributed by atoms with E-state index in [-0.39, 0.29) is 0 Å². The largest absolute Gasteiger partial charge is 0.377 e. The van der Waals surface area contributed by atoms with Gasteiger partial charge < -0.3 is 10.1 Å². The maximum atomic E-state index is 5.91. The average molecular weight is 227 g/mol. The fraction of sp³-hybridized carbons (Fsp3) is 1.00. The average Bonchev–Trinajstić information content (AvgIpc) is 2.29. The van der Waals surface area contributed by atoms with E-state index in [1.165, 1.54) is 38.5 Å². The molecule has 1 fully saturated rings. The molecule has 0 aromatic rings. The lowest BCUT2D eigenvalue weighted by Crippen LogP contribution is -2.45. The highest BCUT2D eigenvalue weighted by molar-refractivity contribution is 4.85. The smallest absolute Gasteiger partial charge is 0.0730 e. The molecule has 1 saturated carbocycles. The van der Waals surface area contributed by atoms with E-state index in [2.05, 4.69) is 26.1 Å². The molecule has 16 heavy (non-hydrogen) atoms. The molecular formula is C14H29NO. The number of nitrogens with one attached hydrogen (secondary N) is 1. The summed E-state index contributed by atoms with van der Waals surface area (Å²) in [5.41, 5.74) is 0. The van der Waals surface area contributed by atoms with Crippen LogP contribution >= 0.6 is 0 Å². The Kier molecular flexibility index (Phi) is 7.06. The summed E-state index contributed by atoms with van der Waals surface area (Å²) in [5, 5.41) is 3.64. The first kappa shape index (κ1) is 14.0. The first-order valence-electron chi connectivity index (χ1n) is 7.16. The van der Waals surface area contributed by atoms with Gasteiger partial charge in [0.15, 0.2) is 0 Å². The first-order chi connectivity index (χ1) is 7.81. The van der Waals surface area contributed by atoms with Gasteiger partial charge in [0.05, 0.1) is 6.10 Å². The topological polar surface area (TPSA) is 21.3 Å². The molecule has 1 aliphatic carbocycles. The summed E-state index contributed by atoms with van der Waals surface area (Å²) in [5.74, 6) is 0.904. The Bertz CT molecular complexity index is 172. The second-order valence-electron chi connectivity index (χ2n) is 5.02. The standard InChI is InChI=1S/C14H29NO/c1-4-7-12-8-9-13(15-10-5-2)14(11-12)16-6-3/h12-15H,4-11H2,1-3H3. The SMILES string of the molecule is CCCNC1CCC(CCC)CC1OCC. The minimum Gasteiger partial charge on any atom is -0.377 e. The van der Waals surface area contributed by atoms with Gasteiger partial charge in [0.2, 0.25) is 0 Å². The summed E-state index contributed by atoms with van der Waals surface area (Å²) in [6.07, 6.45) is 8.33. The Morgan fingerprint density at radius 3 is 2.56 bits per heavy atom. The summed E-state index contributed by atoms with van der Waals surface area (Å²) in [6, 6.07) is 0.605. The fourth-order valence-corrected chi connectivity index (χ4v) is 2.84. The van der Waals surface area contributed by atoms with Crippen molar-refractivity contribution in [1.82, 2.24) is 5.32 Å². The van der Waals surface area contributed by atoms with Crippen molar-refractivity contribution in [2.75, 3.05) is 13.2 Å². The van der Waals surface area contributed by atoms with Gasteiger partial charge in [-0.1, -0.05) is 26.7 Å². The lowest BCUT2D eigenvalue weighted by atomic mass is 9.81. The van der Waals surface area contributed by atoms with Crippen molar-refractivity contribution in [1.29, 1.82) is 0 Å². The summed E-state index contributed by atoms with van der Waals surface area (Å²) >= 11 is 0. The Morgan fingerprint density at radius 1 is 1.12 bits per heavy atom. The van der Waals surface area contributed by atoms with Crippen molar-refractivity contribution >= 4 is 0 Å². The summed E-state index contributed by atoms with van der Waals surface area (Å²) < 4.78 is 5.91. The van der Waals surface area contributed by atoms with Crippen molar-refractivity contribution < 1.29 is 4.74 Å². The maximum Gasteiger partial charge on any atom is 0.0730 e. The molecule has 0 spiro atoms. The van der Waals surface area contributed by atoms with Crippen LogP contribution in [-0.4, -0.2) is 25.3 Å². The summed E-state index contributed by atoms with van der Waals surface area (Å²) in [4.78, 5) is 0. The minimum atomic E-state index is 0.460. The van der Waals surface area contributed by atoms with Crippen molar-refractivity contribution in [2.45, 2.75) is 71.4 Å². The molecule has 0 aliphatic heterocycles. The molecule has 0 saturated heterocycles. The molecule has 3 atom stereocenters. The van der Waals surface area contributed by atoms with Crippen LogP contribution in [0.4, 0.5) is 0 Å². The fourth-order valence-electron chi connectivity index (χ4n) is 2.84. The normalized spacial score (nSPS) is 30.6. The van der Waals surface area contributed by atoms with Gasteiger partial charge in [-0.15, -0.1) is 0 Å². The van der Waals surface area contributed by atoms with Crippen molar-refractivity contribution in [2.24, 2.45) is 5.92 Å². The van der Waals surface area contributed by atoms with E-state index < -0.39 is 0 Å². The molecule has 1 rings (SSSR count). The predicted molar refractivity (Wildman–Crippen MR) is 69.7 cm³/mol. The number of ether oxygens (including phenoxy) is 1. The van der Waals surface area contributed by atoms with Crippen LogP contribution in [0.25, 0.3) is 0 Å². The Balaban J connectivity index is 2.39. The molecule has 96 valence electrons. The molecule has 3 unspecified atom stereocenters. The third kappa shape index (κ3) is 4.42. The van der Waals surface area contributed by atoms with E-state index in [0.717, 1.165) is 19.1 Å². The van der Waals surface area contributed by atoms with Crippen LogP contribution in [0.3, 0.4) is 0 Å². The molecule has 2 heteroatoms. The van der Waals surface area contributed by atoms with Crippen LogP contribution in [0.2, 0.25) is 0 Å². The molecule has 1 N–H and O–H groups in total. The summed E-state index contributed by atoms with van der Waals surface area (Å²) in [7, 11) is 0. The molecule has 0 aromatic carbocycles. The zero-order valence-corrected chi connectivity index (χ0v) is 11.3. The van der Waals surface area contributed by atoms with E-state index in [9.17, 15) is 0 Å². The lowest BCUT2D eigenvalue weighted by molar-refractivity contribution is -0.00478. The minimum absolute atomic E-state index is 0.460. The van der Waals surface area contributed by atoms with Crippen LogP contribution in [0.1, 0.15) is 59.3 Å². The van der Waals surface area contributed by atoms with Gasteiger partial charge in [0.25, 0.3) is 0 Å². The zero-order chi connectivity index (χ0) is 11.8. The van der Waals surface area contributed by atoms with Gasteiger partial charge >= 0.3 is 0 Å². The Morgan fingerprint density at radius 2 is 1.94 bits per heavy atom. The highest BCUT2D eigenvalue weighted by atomic mass is 16.5. The first-order valence-corrected chi connectivity index (χ1v) is 7.16. The monoisotopic (exact) mass is 227 g/mol. The van der Waals surface area contributed by atoms with Gasteiger partial charge in [0, 0.05) is 12.6 Å². The Labute approximate surface area is 101 Å². The van der Waals surface area contributed by atoms with Crippen LogP contribution in [0.15, 0.2) is 0 Å². The van der Waals surface area contributed by atoms with E-state index in [1.54, 1.807) is 0 Å². The van der Waals surface area contributed by atoms with Crippen molar-refractivity contribution in [3.05, 3.63) is 0 Å². The van der Waals surface area contributed by atoms with Gasteiger partial charge in [-0.2, -0.15) is 0 Å². The molecule has 0 radical (unpaired) electrons. The van der Waals surface area contributed by atoms with E-state index >= 15 is 0 Å². The Hall–Kier alpha value is -0.0800. The second-order valence-corrected chi connectivity index (χ2v) is 5.02. The van der Waals surface area contributed by atoms with E-state index in [0.29, 0.717) is 12.1 Å². The highest BCUT2D eigenvalue weighted by Gasteiger charge is 2.29. The molecule has 0 aromatic heterocycles. The lowest BCUT2D eigenvalue weighted by Gasteiger charge is -2.36. The predicted octanol–water partition coefficient (Wildman–Crippen LogP) is 3.36. The van der Waals surface area contributed by atoms with Crippen LogP contribution in [0, 0.1) is 5.92 Å². The molecule has 1 aliphatic rings. The molecular weight excluding hydrogens is 198 g/mol.